The second kappa shape index (κ2) is 9.84. The van der Waals surface area contributed by atoms with Crippen molar-refractivity contribution in [2.75, 3.05) is 26.0 Å². The van der Waals surface area contributed by atoms with Gasteiger partial charge in [-0.05, 0) is 29.9 Å². The molecule has 0 heterocycles. The fourth-order valence-corrected chi connectivity index (χ4v) is 3.20. The smallest absolute Gasteiger partial charge is 0.0587 e. The first kappa shape index (κ1) is 16.0. The van der Waals surface area contributed by atoms with Gasteiger partial charge in [0.05, 0.1) is 6.61 Å². The van der Waals surface area contributed by atoms with E-state index >= 15 is 0 Å². The fourth-order valence-electron chi connectivity index (χ4n) is 1.49. The predicted octanol–water partition coefficient (Wildman–Crippen LogP) is 4.08. The highest BCUT2D eigenvalue weighted by Gasteiger charge is 2.02. The first-order chi connectivity index (χ1) is 8.77. The van der Waals surface area contributed by atoms with Gasteiger partial charge in [-0.3, -0.25) is 0 Å². The third kappa shape index (κ3) is 6.23. The van der Waals surface area contributed by atoms with Crippen LogP contribution in [0.2, 0.25) is 0 Å². The molecule has 0 amide bonds. The highest BCUT2D eigenvalue weighted by Crippen LogP contribution is 2.26. The quantitative estimate of drug-likeness (QED) is 0.544. The van der Waals surface area contributed by atoms with E-state index in [1.165, 1.54) is 33.5 Å². The van der Waals surface area contributed by atoms with E-state index in [1.54, 1.807) is 7.11 Å². The summed E-state index contributed by atoms with van der Waals surface area (Å²) < 4.78 is 6.20. The Bertz CT molecular complexity index is 347. The van der Waals surface area contributed by atoms with Gasteiger partial charge in [-0.25, -0.2) is 0 Å². The number of rotatable bonds is 9. The number of methoxy groups -OCH3 is 1. The van der Waals surface area contributed by atoms with Gasteiger partial charge in [0.15, 0.2) is 0 Å². The molecule has 2 nitrogen and oxygen atoms in total. The second-order valence-electron chi connectivity index (χ2n) is 4.12. The molecule has 0 atom stereocenters. The van der Waals surface area contributed by atoms with Gasteiger partial charge in [0.2, 0.25) is 0 Å². The SMILES string of the molecule is CCCCSc1ccc(CNCCOC)c(Br)c1. The van der Waals surface area contributed by atoms with Crippen LogP contribution in [0.3, 0.4) is 0 Å². The molecule has 1 rings (SSSR count). The summed E-state index contributed by atoms with van der Waals surface area (Å²) in [5, 5.41) is 3.35. The van der Waals surface area contributed by atoms with Crippen molar-refractivity contribution in [3.63, 3.8) is 0 Å². The van der Waals surface area contributed by atoms with E-state index in [0.717, 1.165) is 19.7 Å². The molecule has 0 aliphatic rings. The summed E-state index contributed by atoms with van der Waals surface area (Å²) in [5.74, 6) is 1.20. The van der Waals surface area contributed by atoms with E-state index in [1.807, 2.05) is 11.8 Å². The van der Waals surface area contributed by atoms with Crippen LogP contribution in [-0.4, -0.2) is 26.0 Å². The Labute approximate surface area is 123 Å². The second-order valence-corrected chi connectivity index (χ2v) is 6.15. The van der Waals surface area contributed by atoms with Crippen molar-refractivity contribution in [1.29, 1.82) is 0 Å². The molecule has 1 aromatic carbocycles. The van der Waals surface area contributed by atoms with Crippen LogP contribution in [0.1, 0.15) is 25.3 Å². The highest BCUT2D eigenvalue weighted by molar-refractivity contribution is 9.10. The number of ether oxygens (including phenoxy) is 1. The van der Waals surface area contributed by atoms with Gasteiger partial charge in [0.25, 0.3) is 0 Å². The Hall–Kier alpha value is -0.0300. The number of benzene rings is 1. The van der Waals surface area contributed by atoms with Crippen molar-refractivity contribution in [1.82, 2.24) is 5.32 Å². The van der Waals surface area contributed by atoms with Crippen LogP contribution < -0.4 is 5.32 Å². The first-order valence-corrected chi connectivity index (χ1v) is 8.16. The number of halogens is 1. The maximum Gasteiger partial charge on any atom is 0.0587 e. The summed E-state index contributed by atoms with van der Waals surface area (Å²) in [6.45, 7) is 4.74. The highest BCUT2D eigenvalue weighted by atomic mass is 79.9. The molecule has 102 valence electrons. The van der Waals surface area contributed by atoms with E-state index in [9.17, 15) is 0 Å². The number of nitrogens with one attached hydrogen (secondary N) is 1. The van der Waals surface area contributed by atoms with Crippen molar-refractivity contribution in [2.24, 2.45) is 0 Å². The molecule has 1 N–H and O–H groups in total. The first-order valence-electron chi connectivity index (χ1n) is 6.38. The predicted molar refractivity (Wildman–Crippen MR) is 83.4 cm³/mol. The zero-order valence-electron chi connectivity index (χ0n) is 11.2. The Morgan fingerprint density at radius 1 is 1.39 bits per heavy atom. The largest absolute Gasteiger partial charge is 0.383 e. The summed E-state index contributed by atoms with van der Waals surface area (Å²) in [6.07, 6.45) is 2.54. The molecule has 0 saturated carbocycles. The molecule has 0 aromatic heterocycles. The molecule has 18 heavy (non-hydrogen) atoms. The summed E-state index contributed by atoms with van der Waals surface area (Å²) >= 11 is 5.57. The standard InChI is InChI=1S/C14H22BrNOS/c1-3-4-9-18-13-6-5-12(14(15)10-13)11-16-7-8-17-2/h5-6,10,16H,3-4,7-9,11H2,1-2H3. The molecule has 0 unspecified atom stereocenters. The molecule has 0 radical (unpaired) electrons. The van der Waals surface area contributed by atoms with Crippen molar-refractivity contribution in [3.8, 4) is 0 Å². The topological polar surface area (TPSA) is 21.3 Å². The number of thioether (sulfide) groups is 1. The molecule has 0 bridgehead atoms. The average molecular weight is 332 g/mol. The summed E-state index contributed by atoms with van der Waals surface area (Å²) in [5.41, 5.74) is 1.30. The zero-order chi connectivity index (χ0) is 13.2. The van der Waals surface area contributed by atoms with Gasteiger partial charge in [0, 0.05) is 29.6 Å². The summed E-state index contributed by atoms with van der Waals surface area (Å²) in [4.78, 5) is 1.34. The van der Waals surface area contributed by atoms with E-state index < -0.39 is 0 Å². The molecule has 0 spiro atoms. The van der Waals surface area contributed by atoms with Gasteiger partial charge in [-0.15, -0.1) is 11.8 Å². The van der Waals surface area contributed by atoms with Gasteiger partial charge in [0.1, 0.15) is 0 Å². The Kier molecular flexibility index (Phi) is 8.76. The van der Waals surface area contributed by atoms with Crippen molar-refractivity contribution in [2.45, 2.75) is 31.2 Å². The maximum atomic E-state index is 5.01. The Morgan fingerprint density at radius 3 is 2.89 bits per heavy atom. The number of hydrogen-bond acceptors (Lipinski definition) is 3. The lowest BCUT2D eigenvalue weighted by Gasteiger charge is -2.08. The van der Waals surface area contributed by atoms with Crippen LogP contribution in [0, 0.1) is 0 Å². The summed E-state index contributed by atoms with van der Waals surface area (Å²) in [7, 11) is 1.72. The Morgan fingerprint density at radius 2 is 2.22 bits per heavy atom. The lowest BCUT2D eigenvalue weighted by Crippen LogP contribution is -2.18. The minimum absolute atomic E-state index is 0.753. The van der Waals surface area contributed by atoms with Crippen molar-refractivity contribution < 1.29 is 4.74 Å². The monoisotopic (exact) mass is 331 g/mol. The summed E-state index contributed by atoms with van der Waals surface area (Å²) in [6, 6.07) is 6.62. The third-order valence-electron chi connectivity index (χ3n) is 2.59. The molecule has 0 fully saturated rings. The molecule has 0 aliphatic carbocycles. The number of hydrogen-bond donors (Lipinski definition) is 1. The molecular formula is C14H22BrNOS. The van der Waals surface area contributed by atoms with Crippen LogP contribution in [-0.2, 0) is 11.3 Å². The molecule has 1 aromatic rings. The van der Waals surface area contributed by atoms with Gasteiger partial charge in [-0.1, -0.05) is 35.3 Å². The third-order valence-corrected chi connectivity index (χ3v) is 4.41. The molecule has 0 saturated heterocycles. The van der Waals surface area contributed by atoms with Crippen LogP contribution in [0.25, 0.3) is 0 Å². The molecule has 4 heteroatoms. The van der Waals surface area contributed by atoms with Gasteiger partial charge < -0.3 is 10.1 Å². The molecular weight excluding hydrogens is 310 g/mol. The van der Waals surface area contributed by atoms with E-state index in [-0.39, 0.29) is 0 Å². The zero-order valence-corrected chi connectivity index (χ0v) is 13.6. The lowest BCUT2D eigenvalue weighted by molar-refractivity contribution is 0.199. The van der Waals surface area contributed by atoms with Crippen molar-refractivity contribution in [3.05, 3.63) is 28.2 Å². The maximum absolute atomic E-state index is 5.01. The van der Waals surface area contributed by atoms with E-state index in [4.69, 9.17) is 4.74 Å². The molecule has 0 aliphatic heterocycles. The van der Waals surface area contributed by atoms with Gasteiger partial charge in [-0.2, -0.15) is 0 Å². The Balaban J connectivity index is 2.41. The number of unbranched alkanes of at least 4 members (excludes halogenated alkanes) is 1. The van der Waals surface area contributed by atoms with Gasteiger partial charge >= 0.3 is 0 Å². The van der Waals surface area contributed by atoms with Crippen LogP contribution in [0.15, 0.2) is 27.6 Å². The average Bonchev–Trinajstić information content (AvgIpc) is 2.37. The van der Waals surface area contributed by atoms with E-state index in [2.05, 4.69) is 46.4 Å². The van der Waals surface area contributed by atoms with Crippen LogP contribution in [0.4, 0.5) is 0 Å². The van der Waals surface area contributed by atoms with Crippen LogP contribution >= 0.6 is 27.7 Å². The lowest BCUT2D eigenvalue weighted by atomic mass is 10.2. The normalized spacial score (nSPS) is 10.8. The fraction of sp³-hybridized carbons (Fsp3) is 0.571. The van der Waals surface area contributed by atoms with E-state index in [0.29, 0.717) is 0 Å². The minimum Gasteiger partial charge on any atom is -0.383 e. The van der Waals surface area contributed by atoms with Crippen LogP contribution in [0.5, 0.6) is 0 Å². The minimum atomic E-state index is 0.753. The van der Waals surface area contributed by atoms with Crippen molar-refractivity contribution >= 4 is 27.7 Å².